The second-order valence-corrected chi connectivity index (χ2v) is 4.75. The van der Waals surface area contributed by atoms with Gasteiger partial charge in [-0.25, -0.2) is 4.79 Å². The van der Waals surface area contributed by atoms with Gasteiger partial charge in [0, 0.05) is 0 Å². The normalized spacial score (nSPS) is 11.2. The third-order valence-electron chi connectivity index (χ3n) is 1.10. The van der Waals surface area contributed by atoms with Crippen molar-refractivity contribution in [3.63, 3.8) is 0 Å². The standard InChI is InChI=1S/C5H5Cl3N4O3/c1-14-3-9-11-12(10-3)4(13)15-2-5(6,7)8/h2H2,1H3. The largest absolute Gasteiger partial charge is 0.465 e. The lowest BCUT2D eigenvalue weighted by Gasteiger charge is -2.09. The highest BCUT2D eigenvalue weighted by Gasteiger charge is 2.23. The Balaban J connectivity index is 2.54. The number of aromatic nitrogens is 4. The van der Waals surface area contributed by atoms with Gasteiger partial charge in [0.15, 0.2) is 0 Å². The number of carbonyl (C=O) groups is 1. The van der Waals surface area contributed by atoms with Gasteiger partial charge in [0.2, 0.25) is 3.79 Å². The van der Waals surface area contributed by atoms with Crippen LogP contribution >= 0.6 is 34.8 Å². The van der Waals surface area contributed by atoms with E-state index >= 15 is 0 Å². The summed E-state index contributed by atoms with van der Waals surface area (Å²) in [4.78, 5) is 11.7. The Kier molecular flexibility index (Phi) is 3.95. The molecule has 0 aliphatic carbocycles. The Labute approximate surface area is 99.2 Å². The molecular formula is C5H5Cl3N4O3. The molecule has 0 aliphatic rings. The molecule has 0 fully saturated rings. The molecule has 0 saturated carbocycles. The smallest absolute Gasteiger partial charge is 0.453 e. The Hall–Kier alpha value is -0.790. The van der Waals surface area contributed by atoms with Crippen molar-refractivity contribution in [2.75, 3.05) is 13.7 Å². The van der Waals surface area contributed by atoms with E-state index in [1.165, 1.54) is 7.11 Å². The van der Waals surface area contributed by atoms with Gasteiger partial charge in [-0.05, 0) is 5.21 Å². The molecule has 0 spiro atoms. The Bertz CT molecular complexity index is 350. The summed E-state index contributed by atoms with van der Waals surface area (Å²) in [6.45, 7) is -0.416. The lowest BCUT2D eigenvalue weighted by molar-refractivity contribution is 0.141. The van der Waals surface area contributed by atoms with Gasteiger partial charge in [0.25, 0.3) is 0 Å². The highest BCUT2D eigenvalue weighted by molar-refractivity contribution is 6.67. The van der Waals surface area contributed by atoms with Crippen molar-refractivity contribution in [1.82, 2.24) is 20.2 Å². The second kappa shape index (κ2) is 4.82. The first-order valence-corrected chi connectivity index (χ1v) is 4.63. The summed E-state index contributed by atoms with van der Waals surface area (Å²) in [7, 11) is 1.33. The summed E-state index contributed by atoms with van der Waals surface area (Å²) >= 11 is 16.1. The number of halogens is 3. The van der Waals surface area contributed by atoms with Crippen LogP contribution in [0, 0.1) is 0 Å². The second-order valence-electron chi connectivity index (χ2n) is 2.24. The van der Waals surface area contributed by atoms with Crippen molar-refractivity contribution in [2.45, 2.75) is 3.79 Å². The van der Waals surface area contributed by atoms with Crippen LogP contribution in [0.3, 0.4) is 0 Å². The number of rotatable bonds is 2. The highest BCUT2D eigenvalue weighted by atomic mass is 35.6. The quantitative estimate of drug-likeness (QED) is 0.750. The van der Waals surface area contributed by atoms with E-state index in [0.29, 0.717) is 4.80 Å². The third-order valence-corrected chi connectivity index (χ3v) is 1.43. The van der Waals surface area contributed by atoms with E-state index in [1.54, 1.807) is 0 Å². The van der Waals surface area contributed by atoms with Crippen molar-refractivity contribution in [1.29, 1.82) is 0 Å². The number of hydrogen-bond donors (Lipinski definition) is 0. The van der Waals surface area contributed by atoms with Gasteiger partial charge < -0.3 is 9.47 Å². The minimum atomic E-state index is -1.68. The average molecular weight is 275 g/mol. The van der Waals surface area contributed by atoms with Crippen molar-refractivity contribution in [3.05, 3.63) is 0 Å². The minimum absolute atomic E-state index is 0.0687. The number of nitrogens with zero attached hydrogens (tertiary/aromatic N) is 4. The Morgan fingerprint density at radius 3 is 2.67 bits per heavy atom. The van der Waals surface area contributed by atoms with Gasteiger partial charge in [-0.3, -0.25) is 0 Å². The van der Waals surface area contributed by atoms with Gasteiger partial charge in [-0.15, -0.1) is 0 Å². The first-order valence-electron chi connectivity index (χ1n) is 3.50. The van der Waals surface area contributed by atoms with Crippen molar-refractivity contribution in [2.24, 2.45) is 0 Å². The van der Waals surface area contributed by atoms with Crippen LogP contribution in [0.15, 0.2) is 0 Å². The van der Waals surface area contributed by atoms with E-state index in [2.05, 4.69) is 24.9 Å². The van der Waals surface area contributed by atoms with Gasteiger partial charge in [0.1, 0.15) is 6.61 Å². The first kappa shape index (κ1) is 12.3. The summed E-state index contributed by atoms with van der Waals surface area (Å²) in [6.07, 6.45) is -0.919. The predicted octanol–water partition coefficient (Wildman–Crippen LogP) is 1.04. The molecule has 1 aromatic rings. The number of tetrazole rings is 1. The zero-order chi connectivity index (χ0) is 11.5. The molecule has 0 aliphatic heterocycles. The van der Waals surface area contributed by atoms with E-state index < -0.39 is 16.5 Å². The number of methoxy groups -OCH3 is 1. The fraction of sp³-hybridized carbons (Fsp3) is 0.600. The average Bonchev–Trinajstić information content (AvgIpc) is 2.61. The molecule has 0 amide bonds. The highest BCUT2D eigenvalue weighted by Crippen LogP contribution is 2.25. The first-order chi connectivity index (χ1) is 6.92. The molecule has 10 heteroatoms. The van der Waals surface area contributed by atoms with E-state index in [9.17, 15) is 4.79 Å². The summed E-state index contributed by atoms with van der Waals surface area (Å²) in [6, 6.07) is -0.0687. The molecule has 0 N–H and O–H groups in total. The van der Waals surface area contributed by atoms with Crippen molar-refractivity contribution in [3.8, 4) is 6.01 Å². The minimum Gasteiger partial charge on any atom is -0.465 e. The Morgan fingerprint density at radius 2 is 2.20 bits per heavy atom. The van der Waals surface area contributed by atoms with E-state index in [4.69, 9.17) is 34.8 Å². The van der Waals surface area contributed by atoms with Gasteiger partial charge in [-0.2, -0.15) is 0 Å². The molecule has 1 aromatic heterocycles. The van der Waals surface area contributed by atoms with Crippen LogP contribution in [0.2, 0.25) is 0 Å². The summed E-state index contributed by atoms with van der Waals surface area (Å²) < 4.78 is 7.48. The molecule has 0 atom stereocenters. The molecule has 0 radical (unpaired) electrons. The zero-order valence-corrected chi connectivity index (χ0v) is 9.62. The summed E-state index contributed by atoms with van der Waals surface area (Å²) in [5, 5.41) is 10.2. The fourth-order valence-corrected chi connectivity index (χ4v) is 0.726. The summed E-state index contributed by atoms with van der Waals surface area (Å²) in [5.74, 6) is 0. The number of ether oxygens (including phenoxy) is 2. The molecule has 0 aromatic carbocycles. The van der Waals surface area contributed by atoms with Gasteiger partial charge in [0.05, 0.1) is 7.11 Å². The van der Waals surface area contributed by atoms with Crippen LogP contribution in [0.4, 0.5) is 4.79 Å². The van der Waals surface area contributed by atoms with E-state index in [-0.39, 0.29) is 6.01 Å². The number of carbonyl (C=O) groups excluding carboxylic acids is 1. The molecule has 0 unspecified atom stereocenters. The maximum Gasteiger partial charge on any atom is 0.453 e. The van der Waals surface area contributed by atoms with E-state index in [0.717, 1.165) is 0 Å². The predicted molar refractivity (Wildman–Crippen MR) is 51.4 cm³/mol. The zero-order valence-electron chi connectivity index (χ0n) is 7.35. The number of hydrogen-bond acceptors (Lipinski definition) is 6. The lowest BCUT2D eigenvalue weighted by atomic mass is 10.8. The molecule has 1 rings (SSSR count). The number of alkyl halides is 3. The van der Waals surface area contributed by atoms with Crippen LogP contribution in [-0.4, -0.2) is 43.8 Å². The van der Waals surface area contributed by atoms with Crippen molar-refractivity contribution < 1.29 is 14.3 Å². The van der Waals surface area contributed by atoms with Crippen LogP contribution in [0.25, 0.3) is 0 Å². The third kappa shape index (κ3) is 4.06. The monoisotopic (exact) mass is 274 g/mol. The van der Waals surface area contributed by atoms with Crippen LogP contribution < -0.4 is 4.74 Å². The fourth-order valence-electron chi connectivity index (χ4n) is 0.562. The Morgan fingerprint density at radius 1 is 1.53 bits per heavy atom. The maximum absolute atomic E-state index is 11.2. The van der Waals surface area contributed by atoms with Crippen LogP contribution in [-0.2, 0) is 4.74 Å². The molecule has 0 saturated heterocycles. The van der Waals surface area contributed by atoms with Gasteiger partial charge >= 0.3 is 12.1 Å². The molecule has 1 heterocycles. The topological polar surface area (TPSA) is 79.1 Å². The van der Waals surface area contributed by atoms with Crippen LogP contribution in [0.1, 0.15) is 0 Å². The molecule has 84 valence electrons. The summed E-state index contributed by atoms with van der Waals surface area (Å²) in [5.41, 5.74) is 0. The van der Waals surface area contributed by atoms with Gasteiger partial charge in [-0.1, -0.05) is 49.8 Å². The molecule has 0 bridgehead atoms. The van der Waals surface area contributed by atoms with Crippen LogP contribution in [0.5, 0.6) is 6.01 Å². The van der Waals surface area contributed by atoms with Crippen molar-refractivity contribution >= 4 is 40.9 Å². The SMILES string of the molecule is COc1nnn(C(=O)OCC(Cl)(Cl)Cl)n1. The molecule has 7 nitrogen and oxygen atoms in total. The molecular weight excluding hydrogens is 270 g/mol. The molecule has 15 heavy (non-hydrogen) atoms. The van der Waals surface area contributed by atoms with E-state index in [1.807, 2.05) is 0 Å². The maximum atomic E-state index is 11.2. The lowest BCUT2D eigenvalue weighted by Crippen LogP contribution is -2.22.